The lowest BCUT2D eigenvalue weighted by Crippen LogP contribution is -2.38. The monoisotopic (exact) mass is 456 g/mol. The van der Waals surface area contributed by atoms with Crippen LogP contribution in [0.2, 0.25) is 0 Å². The van der Waals surface area contributed by atoms with Gasteiger partial charge < -0.3 is 9.64 Å². The Morgan fingerprint density at radius 2 is 1.68 bits per heavy atom. The van der Waals surface area contributed by atoms with Gasteiger partial charge in [-0.15, -0.1) is 0 Å². The summed E-state index contributed by atoms with van der Waals surface area (Å²) in [5.74, 6) is 0.732. The molecule has 0 unspecified atom stereocenters. The fourth-order valence-electron chi connectivity index (χ4n) is 4.27. The predicted molar refractivity (Wildman–Crippen MR) is 127 cm³/mol. The molecule has 0 spiro atoms. The van der Waals surface area contributed by atoms with E-state index < -0.39 is 0 Å². The van der Waals surface area contributed by atoms with E-state index in [1.165, 1.54) is 12.1 Å². The summed E-state index contributed by atoms with van der Waals surface area (Å²) in [6.45, 7) is 1.51. The number of likely N-dealkylation sites (tertiary alicyclic amines) is 1. The molecule has 2 aromatic heterocycles. The van der Waals surface area contributed by atoms with Crippen molar-refractivity contribution in [2.45, 2.75) is 25.4 Å². The summed E-state index contributed by atoms with van der Waals surface area (Å²) >= 11 is 0. The van der Waals surface area contributed by atoms with E-state index in [1.807, 2.05) is 53.2 Å². The minimum atomic E-state index is -0.281. The van der Waals surface area contributed by atoms with Crippen molar-refractivity contribution in [2.24, 2.45) is 0 Å². The molecule has 4 aromatic rings. The SMILES string of the molecule is O=C(OCc1ccccc1)N1CCC(c2cn(-c3ccc(F)cc3)c(-c3ccncc3)n2)CC1. The van der Waals surface area contributed by atoms with Gasteiger partial charge in [0.2, 0.25) is 0 Å². The first-order valence-electron chi connectivity index (χ1n) is 11.4. The molecule has 34 heavy (non-hydrogen) atoms. The average molecular weight is 457 g/mol. The van der Waals surface area contributed by atoms with Crippen LogP contribution < -0.4 is 0 Å². The van der Waals surface area contributed by atoms with Gasteiger partial charge in [-0.1, -0.05) is 30.3 Å². The summed E-state index contributed by atoms with van der Waals surface area (Å²) in [6, 6.07) is 19.9. The molecule has 1 aliphatic rings. The standard InChI is InChI=1S/C27H25FN4O2/c28-23-6-8-24(9-7-23)32-18-25(30-26(32)22-10-14-29-15-11-22)21-12-16-31(17-13-21)27(33)34-19-20-4-2-1-3-5-20/h1-11,14-15,18,21H,12-13,16-17,19H2. The van der Waals surface area contributed by atoms with Gasteiger partial charge in [0.25, 0.3) is 0 Å². The van der Waals surface area contributed by atoms with E-state index in [9.17, 15) is 9.18 Å². The minimum Gasteiger partial charge on any atom is -0.445 e. The molecule has 0 aliphatic carbocycles. The molecule has 0 radical (unpaired) electrons. The van der Waals surface area contributed by atoms with Crippen molar-refractivity contribution in [1.29, 1.82) is 0 Å². The Labute approximate surface area is 197 Å². The molecule has 0 bridgehead atoms. The lowest BCUT2D eigenvalue weighted by molar-refractivity contribution is 0.0868. The maximum absolute atomic E-state index is 13.5. The van der Waals surface area contributed by atoms with Crippen molar-refractivity contribution in [3.63, 3.8) is 0 Å². The zero-order valence-corrected chi connectivity index (χ0v) is 18.7. The number of halogens is 1. The molecule has 0 saturated carbocycles. The van der Waals surface area contributed by atoms with E-state index in [0.717, 1.165) is 41.2 Å². The van der Waals surface area contributed by atoms with Crippen molar-refractivity contribution in [3.05, 3.63) is 102 Å². The minimum absolute atomic E-state index is 0.223. The summed E-state index contributed by atoms with van der Waals surface area (Å²) in [6.07, 6.45) is 6.82. The highest BCUT2D eigenvalue weighted by Crippen LogP contribution is 2.31. The number of hydrogen-bond donors (Lipinski definition) is 0. The predicted octanol–water partition coefficient (Wildman–Crippen LogP) is 5.59. The number of piperidine rings is 1. The van der Waals surface area contributed by atoms with Crippen LogP contribution in [0.15, 0.2) is 85.3 Å². The van der Waals surface area contributed by atoms with Crippen LogP contribution in [0.5, 0.6) is 0 Å². The van der Waals surface area contributed by atoms with Crippen LogP contribution in [0.3, 0.4) is 0 Å². The molecule has 3 heterocycles. The number of ether oxygens (including phenoxy) is 1. The van der Waals surface area contributed by atoms with Crippen molar-refractivity contribution < 1.29 is 13.9 Å². The zero-order chi connectivity index (χ0) is 23.3. The molecule has 1 aliphatic heterocycles. The van der Waals surface area contributed by atoms with Crippen LogP contribution in [0.1, 0.15) is 30.0 Å². The number of pyridine rings is 1. The smallest absolute Gasteiger partial charge is 0.410 e. The third kappa shape index (κ3) is 4.83. The quantitative estimate of drug-likeness (QED) is 0.393. The molecule has 172 valence electrons. The maximum atomic E-state index is 13.5. The fourth-order valence-corrected chi connectivity index (χ4v) is 4.27. The van der Waals surface area contributed by atoms with Crippen LogP contribution in [0.4, 0.5) is 9.18 Å². The normalized spacial score (nSPS) is 14.2. The molecular formula is C27H25FN4O2. The number of carbonyl (C=O) groups is 1. The van der Waals surface area contributed by atoms with E-state index in [0.29, 0.717) is 13.1 Å². The van der Waals surface area contributed by atoms with Gasteiger partial charge in [-0.3, -0.25) is 9.55 Å². The Hall–Kier alpha value is -4.00. The van der Waals surface area contributed by atoms with Crippen LogP contribution in [-0.4, -0.2) is 38.6 Å². The van der Waals surface area contributed by atoms with Gasteiger partial charge in [-0.25, -0.2) is 14.2 Å². The average Bonchev–Trinajstić information content (AvgIpc) is 3.34. The molecule has 0 N–H and O–H groups in total. The Morgan fingerprint density at radius 1 is 0.971 bits per heavy atom. The van der Waals surface area contributed by atoms with Gasteiger partial charge >= 0.3 is 6.09 Å². The van der Waals surface area contributed by atoms with E-state index in [1.54, 1.807) is 29.4 Å². The Bertz CT molecular complexity index is 1230. The number of benzene rings is 2. The molecule has 5 rings (SSSR count). The molecule has 1 amide bonds. The summed E-state index contributed by atoms with van der Waals surface area (Å²) in [4.78, 5) is 23.3. The van der Waals surface area contributed by atoms with Crippen LogP contribution in [-0.2, 0) is 11.3 Å². The number of amides is 1. The van der Waals surface area contributed by atoms with Gasteiger partial charge in [0.15, 0.2) is 0 Å². The fraction of sp³-hybridized carbons (Fsp3) is 0.222. The number of hydrogen-bond acceptors (Lipinski definition) is 4. The number of nitrogens with zero attached hydrogens (tertiary/aromatic N) is 4. The van der Waals surface area contributed by atoms with Crippen LogP contribution in [0.25, 0.3) is 17.1 Å². The molecule has 1 fully saturated rings. The summed E-state index contributed by atoms with van der Waals surface area (Å²) in [7, 11) is 0. The topological polar surface area (TPSA) is 60.2 Å². The lowest BCUT2D eigenvalue weighted by atomic mass is 9.94. The molecule has 7 heteroatoms. The van der Waals surface area contributed by atoms with Crippen molar-refractivity contribution in [3.8, 4) is 17.1 Å². The second kappa shape index (κ2) is 9.87. The number of imidazole rings is 1. The maximum Gasteiger partial charge on any atom is 0.410 e. The molecule has 1 saturated heterocycles. The van der Waals surface area contributed by atoms with Gasteiger partial charge in [0.1, 0.15) is 18.2 Å². The molecular weight excluding hydrogens is 431 g/mol. The van der Waals surface area contributed by atoms with Gasteiger partial charge in [0, 0.05) is 48.8 Å². The first-order valence-corrected chi connectivity index (χ1v) is 11.4. The Morgan fingerprint density at radius 3 is 2.38 bits per heavy atom. The largest absolute Gasteiger partial charge is 0.445 e. The van der Waals surface area contributed by atoms with E-state index in [-0.39, 0.29) is 24.4 Å². The van der Waals surface area contributed by atoms with Crippen LogP contribution in [0, 0.1) is 5.82 Å². The molecule has 6 nitrogen and oxygen atoms in total. The summed E-state index contributed by atoms with van der Waals surface area (Å²) < 4.78 is 21.0. The zero-order valence-electron chi connectivity index (χ0n) is 18.7. The Balaban J connectivity index is 1.30. The number of rotatable bonds is 5. The first kappa shape index (κ1) is 21.8. The molecule has 0 atom stereocenters. The second-order valence-corrected chi connectivity index (χ2v) is 8.37. The van der Waals surface area contributed by atoms with Gasteiger partial charge in [0.05, 0.1) is 5.69 Å². The van der Waals surface area contributed by atoms with Crippen molar-refractivity contribution in [1.82, 2.24) is 19.4 Å². The van der Waals surface area contributed by atoms with Crippen molar-refractivity contribution in [2.75, 3.05) is 13.1 Å². The number of carbonyl (C=O) groups excluding carboxylic acids is 1. The summed E-state index contributed by atoms with van der Waals surface area (Å²) in [5.41, 5.74) is 3.72. The highest BCUT2D eigenvalue weighted by atomic mass is 19.1. The first-order chi connectivity index (χ1) is 16.7. The second-order valence-electron chi connectivity index (χ2n) is 8.37. The molecule has 2 aromatic carbocycles. The highest BCUT2D eigenvalue weighted by molar-refractivity contribution is 5.67. The summed E-state index contributed by atoms with van der Waals surface area (Å²) in [5, 5.41) is 0. The third-order valence-electron chi connectivity index (χ3n) is 6.14. The lowest BCUT2D eigenvalue weighted by Gasteiger charge is -2.30. The van der Waals surface area contributed by atoms with Crippen LogP contribution >= 0.6 is 0 Å². The number of aromatic nitrogens is 3. The third-order valence-corrected chi connectivity index (χ3v) is 6.14. The van der Waals surface area contributed by atoms with E-state index >= 15 is 0 Å². The van der Waals surface area contributed by atoms with Crippen molar-refractivity contribution >= 4 is 6.09 Å². The van der Waals surface area contributed by atoms with Gasteiger partial charge in [-0.2, -0.15) is 0 Å². The van der Waals surface area contributed by atoms with E-state index in [2.05, 4.69) is 4.98 Å². The van der Waals surface area contributed by atoms with Gasteiger partial charge in [-0.05, 0) is 54.8 Å². The highest BCUT2D eigenvalue weighted by Gasteiger charge is 2.27. The van der Waals surface area contributed by atoms with E-state index in [4.69, 9.17) is 9.72 Å². The Kier molecular flexibility index (Phi) is 6.33.